The number of carbonyl (C=O) groups is 1. The molecule has 0 saturated carbocycles. The predicted octanol–water partition coefficient (Wildman–Crippen LogP) is 5.24. The molecule has 2 nitrogen and oxygen atoms in total. The van der Waals surface area contributed by atoms with Crippen molar-refractivity contribution in [2.24, 2.45) is 0 Å². The number of carboxylic acids is 1. The van der Waals surface area contributed by atoms with Crippen molar-refractivity contribution in [3.05, 3.63) is 59.2 Å². The number of rotatable bonds is 3. The number of benzene rings is 2. The van der Waals surface area contributed by atoms with Gasteiger partial charge in [0.15, 0.2) is 0 Å². The van der Waals surface area contributed by atoms with Gasteiger partial charge in [-0.3, -0.25) is 0 Å². The first-order chi connectivity index (χ1) is 9.84. The zero-order chi connectivity index (χ0) is 15.6. The topological polar surface area (TPSA) is 37.3 Å². The average molecular weight is 347 g/mol. The average Bonchev–Trinajstić information content (AvgIpc) is 2.45. The van der Waals surface area contributed by atoms with E-state index in [-0.39, 0.29) is 5.41 Å². The van der Waals surface area contributed by atoms with E-state index in [2.05, 4.69) is 15.9 Å². The van der Waals surface area contributed by atoms with E-state index in [0.29, 0.717) is 5.56 Å². The Hall–Kier alpha value is -1.61. The van der Waals surface area contributed by atoms with Gasteiger partial charge in [-0.05, 0) is 27.7 Å². The van der Waals surface area contributed by atoms with Crippen molar-refractivity contribution in [2.45, 2.75) is 31.5 Å². The molecule has 0 fully saturated rings. The van der Waals surface area contributed by atoms with Crippen molar-refractivity contribution < 1.29 is 9.90 Å². The van der Waals surface area contributed by atoms with Gasteiger partial charge < -0.3 is 5.11 Å². The molecule has 0 bridgehead atoms. The molecule has 2 aromatic rings. The Balaban J connectivity index is 2.65. The van der Waals surface area contributed by atoms with Gasteiger partial charge in [-0.25, -0.2) is 4.79 Å². The molecular weight excluding hydrogens is 328 g/mol. The van der Waals surface area contributed by atoms with Gasteiger partial charge in [0, 0.05) is 5.33 Å². The molecule has 0 atom stereocenters. The Morgan fingerprint density at radius 2 is 1.71 bits per heavy atom. The van der Waals surface area contributed by atoms with E-state index in [4.69, 9.17) is 0 Å². The molecule has 1 N–H and O–H groups in total. The molecule has 0 spiro atoms. The number of alkyl halides is 1. The molecule has 3 heteroatoms. The van der Waals surface area contributed by atoms with Crippen LogP contribution in [0, 0.1) is 0 Å². The van der Waals surface area contributed by atoms with Crippen LogP contribution in [0.3, 0.4) is 0 Å². The van der Waals surface area contributed by atoms with Crippen LogP contribution in [0.25, 0.3) is 11.1 Å². The van der Waals surface area contributed by atoms with Crippen LogP contribution in [0.2, 0.25) is 0 Å². The largest absolute Gasteiger partial charge is 0.478 e. The lowest BCUT2D eigenvalue weighted by atomic mass is 9.81. The summed E-state index contributed by atoms with van der Waals surface area (Å²) in [4.78, 5) is 11.8. The van der Waals surface area contributed by atoms with E-state index in [1.807, 2.05) is 63.2 Å². The highest BCUT2D eigenvalue weighted by molar-refractivity contribution is 9.08. The summed E-state index contributed by atoms with van der Waals surface area (Å²) < 4.78 is 0. The summed E-state index contributed by atoms with van der Waals surface area (Å²) in [7, 11) is 0. The zero-order valence-electron chi connectivity index (χ0n) is 12.5. The second kappa shape index (κ2) is 6.02. The second-order valence-electron chi connectivity index (χ2n) is 6.11. The van der Waals surface area contributed by atoms with E-state index in [9.17, 15) is 9.90 Å². The maximum absolute atomic E-state index is 11.8. The molecule has 0 aliphatic carbocycles. The van der Waals surface area contributed by atoms with Gasteiger partial charge in [0.2, 0.25) is 0 Å². The highest BCUT2D eigenvalue weighted by Gasteiger charge is 2.24. The Labute approximate surface area is 134 Å². The first kappa shape index (κ1) is 15.8. The van der Waals surface area contributed by atoms with Gasteiger partial charge in [-0.15, -0.1) is 0 Å². The van der Waals surface area contributed by atoms with E-state index in [1.165, 1.54) is 5.56 Å². The lowest BCUT2D eigenvalue weighted by Crippen LogP contribution is -2.17. The van der Waals surface area contributed by atoms with Gasteiger partial charge in [-0.1, -0.05) is 79.2 Å². The number of hydrogen-bond acceptors (Lipinski definition) is 1. The summed E-state index contributed by atoms with van der Waals surface area (Å²) in [5.74, 6) is -0.875. The summed E-state index contributed by atoms with van der Waals surface area (Å²) in [6.07, 6.45) is 0. The summed E-state index contributed by atoms with van der Waals surface area (Å²) in [5, 5.41) is 10.5. The first-order valence-electron chi connectivity index (χ1n) is 6.86. The third kappa shape index (κ3) is 3.35. The van der Waals surface area contributed by atoms with Gasteiger partial charge in [-0.2, -0.15) is 0 Å². The second-order valence-corrected chi connectivity index (χ2v) is 6.67. The molecule has 0 saturated heterocycles. The lowest BCUT2D eigenvalue weighted by Gasteiger charge is -2.23. The third-order valence-electron chi connectivity index (χ3n) is 3.51. The summed E-state index contributed by atoms with van der Waals surface area (Å²) in [5.41, 5.74) is 3.93. The Bertz CT molecular complexity index is 652. The van der Waals surface area contributed by atoms with E-state index < -0.39 is 5.97 Å². The van der Waals surface area contributed by atoms with Crippen molar-refractivity contribution in [3.63, 3.8) is 0 Å². The van der Waals surface area contributed by atoms with Gasteiger partial charge >= 0.3 is 5.97 Å². The number of aromatic carboxylic acids is 1. The Morgan fingerprint density at radius 1 is 1.10 bits per heavy atom. The molecule has 2 aromatic carbocycles. The molecule has 0 amide bonds. The quantitative estimate of drug-likeness (QED) is 0.771. The predicted molar refractivity (Wildman–Crippen MR) is 90.2 cm³/mol. The fraction of sp³-hybridized carbons (Fsp3) is 0.278. The maximum Gasteiger partial charge on any atom is 0.336 e. The molecule has 110 valence electrons. The van der Waals surface area contributed by atoms with Gasteiger partial charge in [0.25, 0.3) is 0 Å². The van der Waals surface area contributed by atoms with E-state index in [0.717, 1.165) is 22.0 Å². The van der Waals surface area contributed by atoms with E-state index >= 15 is 0 Å². The lowest BCUT2D eigenvalue weighted by molar-refractivity contribution is 0.0695. The summed E-state index contributed by atoms with van der Waals surface area (Å²) >= 11 is 3.42. The fourth-order valence-electron chi connectivity index (χ4n) is 2.42. The SMILES string of the molecule is CC(C)(C)c1cccc(-c2ccc(CBr)cc2)c1C(=O)O. The monoisotopic (exact) mass is 346 g/mol. The minimum absolute atomic E-state index is 0.209. The number of carboxylic acid groups (broad SMARTS) is 1. The van der Waals surface area contributed by atoms with Crippen molar-refractivity contribution in [3.8, 4) is 11.1 Å². The molecule has 0 unspecified atom stereocenters. The normalized spacial score (nSPS) is 11.4. The standard InChI is InChI=1S/C18H19BrO2/c1-18(2,3)15-6-4-5-14(16(15)17(20)21)13-9-7-12(11-19)8-10-13/h4-10H,11H2,1-3H3,(H,20,21). The minimum atomic E-state index is -0.875. The molecule has 0 heterocycles. The molecule has 0 aliphatic heterocycles. The third-order valence-corrected chi connectivity index (χ3v) is 4.15. The highest BCUT2D eigenvalue weighted by Crippen LogP contribution is 2.33. The molecule has 0 aromatic heterocycles. The molecular formula is C18H19BrO2. The number of halogens is 1. The molecule has 21 heavy (non-hydrogen) atoms. The van der Waals surface area contributed by atoms with Crippen LogP contribution in [0.15, 0.2) is 42.5 Å². The van der Waals surface area contributed by atoms with Crippen molar-refractivity contribution in [1.82, 2.24) is 0 Å². The van der Waals surface area contributed by atoms with Crippen molar-refractivity contribution >= 4 is 21.9 Å². The maximum atomic E-state index is 11.8. The Kier molecular flexibility index (Phi) is 4.52. The number of hydrogen-bond donors (Lipinski definition) is 1. The molecule has 2 rings (SSSR count). The van der Waals surface area contributed by atoms with Crippen LogP contribution in [0.5, 0.6) is 0 Å². The highest BCUT2D eigenvalue weighted by atomic mass is 79.9. The van der Waals surface area contributed by atoms with Crippen LogP contribution < -0.4 is 0 Å². The van der Waals surface area contributed by atoms with Crippen LogP contribution in [-0.2, 0) is 10.7 Å². The molecule has 0 radical (unpaired) electrons. The first-order valence-corrected chi connectivity index (χ1v) is 7.99. The summed E-state index contributed by atoms with van der Waals surface area (Å²) in [6.45, 7) is 6.10. The smallest absolute Gasteiger partial charge is 0.336 e. The van der Waals surface area contributed by atoms with Crippen LogP contribution >= 0.6 is 15.9 Å². The fourth-order valence-corrected chi connectivity index (χ4v) is 2.80. The van der Waals surface area contributed by atoms with Crippen molar-refractivity contribution in [1.29, 1.82) is 0 Å². The van der Waals surface area contributed by atoms with Crippen LogP contribution in [0.4, 0.5) is 0 Å². The van der Waals surface area contributed by atoms with Crippen LogP contribution in [0.1, 0.15) is 42.3 Å². The van der Waals surface area contributed by atoms with Crippen LogP contribution in [-0.4, -0.2) is 11.1 Å². The Morgan fingerprint density at radius 3 is 2.19 bits per heavy atom. The zero-order valence-corrected chi connectivity index (χ0v) is 14.1. The van der Waals surface area contributed by atoms with Crippen molar-refractivity contribution in [2.75, 3.05) is 0 Å². The minimum Gasteiger partial charge on any atom is -0.478 e. The van der Waals surface area contributed by atoms with Gasteiger partial charge in [0.1, 0.15) is 0 Å². The van der Waals surface area contributed by atoms with Gasteiger partial charge in [0.05, 0.1) is 5.56 Å². The molecule has 0 aliphatic rings. The summed E-state index contributed by atoms with van der Waals surface area (Å²) in [6, 6.07) is 13.7. The van der Waals surface area contributed by atoms with E-state index in [1.54, 1.807) is 0 Å².